The van der Waals surface area contributed by atoms with Crippen molar-refractivity contribution in [2.45, 2.75) is 31.8 Å². The fourth-order valence-electron chi connectivity index (χ4n) is 4.12. The van der Waals surface area contributed by atoms with Crippen LogP contribution >= 0.6 is 11.8 Å². The molecular weight excluding hydrogens is 404 g/mol. The van der Waals surface area contributed by atoms with E-state index < -0.39 is 0 Å². The maximum atomic E-state index is 12.5. The third-order valence-corrected chi connectivity index (χ3v) is 6.49. The average molecular weight is 427 g/mol. The Morgan fingerprint density at radius 1 is 0.968 bits per heavy atom. The summed E-state index contributed by atoms with van der Waals surface area (Å²) in [4.78, 5) is 17.3. The molecule has 5 nitrogen and oxygen atoms in total. The van der Waals surface area contributed by atoms with Crippen LogP contribution in [0.2, 0.25) is 0 Å². The van der Waals surface area contributed by atoms with E-state index in [4.69, 9.17) is 4.98 Å². The molecule has 5 rings (SSSR count). The van der Waals surface area contributed by atoms with Gasteiger partial charge in [-0.15, -0.1) is 10.2 Å². The van der Waals surface area contributed by atoms with Gasteiger partial charge in [-0.3, -0.25) is 4.79 Å². The lowest BCUT2D eigenvalue weighted by Gasteiger charge is -2.12. The summed E-state index contributed by atoms with van der Waals surface area (Å²) < 4.78 is 0. The highest BCUT2D eigenvalue weighted by molar-refractivity contribution is 7.99. The lowest BCUT2D eigenvalue weighted by molar-refractivity contribution is -0.115. The van der Waals surface area contributed by atoms with Gasteiger partial charge in [-0.2, -0.15) is 0 Å². The lowest BCUT2D eigenvalue weighted by atomic mass is 10.0. The van der Waals surface area contributed by atoms with Gasteiger partial charge < -0.3 is 5.32 Å². The summed E-state index contributed by atoms with van der Waals surface area (Å²) in [7, 11) is 0. The van der Waals surface area contributed by atoms with Gasteiger partial charge in [-0.1, -0.05) is 73.3 Å². The molecule has 1 N–H and O–H groups in total. The fourth-order valence-corrected chi connectivity index (χ4v) is 4.84. The second-order valence-electron chi connectivity index (χ2n) is 7.61. The third-order valence-electron chi connectivity index (χ3n) is 5.65. The van der Waals surface area contributed by atoms with Crippen LogP contribution in [0.3, 0.4) is 0 Å². The number of nitrogens with one attached hydrogen (secondary N) is 1. The summed E-state index contributed by atoms with van der Waals surface area (Å²) in [6.45, 7) is 4.11. The molecule has 0 saturated heterocycles. The van der Waals surface area contributed by atoms with Crippen molar-refractivity contribution in [2.24, 2.45) is 0 Å². The molecule has 0 spiro atoms. The quantitative estimate of drug-likeness (QED) is 0.355. The van der Waals surface area contributed by atoms with E-state index in [0.717, 1.165) is 45.7 Å². The number of para-hydroxylation sites is 1. The molecule has 0 aliphatic heterocycles. The molecule has 1 aliphatic rings. The first-order chi connectivity index (χ1) is 15.2. The fraction of sp³-hybridized carbons (Fsp3) is 0.200. The van der Waals surface area contributed by atoms with Crippen LogP contribution in [0.15, 0.2) is 59.8 Å². The maximum Gasteiger partial charge on any atom is 0.225 e. The SMILES string of the molecule is CCc1cccc(C)c1NC(=O)CCSc1nnc2c(n1)-c1cccc3cccc-2c13. The highest BCUT2D eigenvalue weighted by Gasteiger charge is 2.24. The van der Waals surface area contributed by atoms with Crippen molar-refractivity contribution in [3.63, 3.8) is 0 Å². The first-order valence-electron chi connectivity index (χ1n) is 10.4. The van der Waals surface area contributed by atoms with Crippen LogP contribution in [0, 0.1) is 6.92 Å². The van der Waals surface area contributed by atoms with E-state index in [2.05, 4.69) is 52.8 Å². The largest absolute Gasteiger partial charge is 0.326 e. The van der Waals surface area contributed by atoms with E-state index in [0.29, 0.717) is 17.3 Å². The number of fused-ring (bicyclic) bond motifs is 3. The zero-order valence-electron chi connectivity index (χ0n) is 17.5. The smallest absolute Gasteiger partial charge is 0.225 e. The predicted molar refractivity (Wildman–Crippen MR) is 126 cm³/mol. The standard InChI is InChI=1S/C25H22N4OS/c1-3-16-8-4-7-15(2)22(16)26-20(30)13-14-31-25-27-23-18-11-5-9-17-10-6-12-19(21(17)18)24(23)28-29-25/h4-12H,3,13-14H2,1-2H3,(H,26,30). The van der Waals surface area contributed by atoms with E-state index in [-0.39, 0.29) is 5.91 Å². The Bertz CT molecular complexity index is 1310. The number of nitrogens with zero attached hydrogens (tertiary/aromatic N) is 3. The molecule has 0 fully saturated rings. The van der Waals surface area contributed by atoms with Gasteiger partial charge in [0.05, 0.1) is 0 Å². The van der Waals surface area contributed by atoms with Gasteiger partial charge in [0.1, 0.15) is 11.4 Å². The Labute approximate surface area is 185 Å². The number of anilines is 1. The van der Waals surface area contributed by atoms with Gasteiger partial charge in [0, 0.05) is 34.4 Å². The summed E-state index contributed by atoms with van der Waals surface area (Å²) in [5, 5.41) is 14.8. The molecule has 6 heteroatoms. The van der Waals surface area contributed by atoms with Gasteiger partial charge in [0.2, 0.25) is 11.1 Å². The second kappa shape index (κ2) is 8.12. The highest BCUT2D eigenvalue weighted by Crippen LogP contribution is 2.44. The summed E-state index contributed by atoms with van der Waals surface area (Å²) in [5.74, 6) is 0.597. The van der Waals surface area contributed by atoms with Crippen molar-refractivity contribution in [1.29, 1.82) is 0 Å². The molecule has 1 heterocycles. The summed E-state index contributed by atoms with van der Waals surface area (Å²) in [5.41, 5.74) is 7.07. The Balaban J connectivity index is 1.28. The Morgan fingerprint density at radius 3 is 2.48 bits per heavy atom. The molecular formula is C25H22N4OS. The number of hydrogen-bond acceptors (Lipinski definition) is 5. The molecule has 1 aromatic heterocycles. The van der Waals surface area contributed by atoms with Crippen molar-refractivity contribution in [1.82, 2.24) is 15.2 Å². The van der Waals surface area contributed by atoms with E-state index in [1.165, 1.54) is 22.5 Å². The van der Waals surface area contributed by atoms with Crippen LogP contribution in [0.4, 0.5) is 5.69 Å². The number of aromatic nitrogens is 3. The van der Waals surface area contributed by atoms with Crippen LogP contribution < -0.4 is 5.32 Å². The second-order valence-corrected chi connectivity index (χ2v) is 8.67. The number of thioether (sulfide) groups is 1. The monoisotopic (exact) mass is 426 g/mol. The minimum Gasteiger partial charge on any atom is -0.326 e. The van der Waals surface area contributed by atoms with Gasteiger partial charge in [-0.25, -0.2) is 4.98 Å². The van der Waals surface area contributed by atoms with E-state index in [1.807, 2.05) is 31.2 Å². The average Bonchev–Trinajstić information content (AvgIpc) is 3.10. The number of hydrogen-bond donors (Lipinski definition) is 1. The van der Waals surface area contributed by atoms with E-state index in [9.17, 15) is 4.79 Å². The van der Waals surface area contributed by atoms with Crippen LogP contribution in [0.5, 0.6) is 0 Å². The third kappa shape index (κ3) is 3.57. The molecule has 31 heavy (non-hydrogen) atoms. The molecule has 1 aliphatic carbocycles. The van der Waals surface area contributed by atoms with Crippen LogP contribution in [0.1, 0.15) is 24.5 Å². The lowest BCUT2D eigenvalue weighted by Crippen LogP contribution is -2.14. The zero-order valence-corrected chi connectivity index (χ0v) is 18.3. The van der Waals surface area contributed by atoms with Crippen molar-refractivity contribution >= 4 is 34.1 Å². The van der Waals surface area contributed by atoms with Crippen molar-refractivity contribution in [3.05, 3.63) is 65.7 Å². The minimum absolute atomic E-state index is 0.00259. The number of aryl methyl sites for hydroxylation is 2. The molecule has 3 aromatic carbocycles. The van der Waals surface area contributed by atoms with Crippen LogP contribution in [0.25, 0.3) is 33.3 Å². The zero-order chi connectivity index (χ0) is 21.4. The number of carbonyl (C=O) groups is 1. The molecule has 0 bridgehead atoms. The van der Waals surface area contributed by atoms with Gasteiger partial charge >= 0.3 is 0 Å². The number of rotatable bonds is 6. The van der Waals surface area contributed by atoms with Crippen LogP contribution in [-0.2, 0) is 11.2 Å². The molecule has 0 atom stereocenters. The topological polar surface area (TPSA) is 67.8 Å². The number of amides is 1. The van der Waals surface area contributed by atoms with Crippen molar-refractivity contribution < 1.29 is 4.79 Å². The van der Waals surface area contributed by atoms with E-state index >= 15 is 0 Å². The Kier molecular flexibility index (Phi) is 5.16. The van der Waals surface area contributed by atoms with Crippen molar-refractivity contribution in [3.8, 4) is 22.5 Å². The molecule has 0 unspecified atom stereocenters. The summed E-state index contributed by atoms with van der Waals surface area (Å²) in [6.07, 6.45) is 1.27. The number of carbonyl (C=O) groups excluding carboxylic acids is 1. The summed E-state index contributed by atoms with van der Waals surface area (Å²) >= 11 is 1.46. The molecule has 1 amide bonds. The Hall–Kier alpha value is -3.25. The molecule has 0 saturated carbocycles. The first-order valence-corrected chi connectivity index (χ1v) is 11.4. The molecule has 4 aromatic rings. The first kappa shape index (κ1) is 19.7. The predicted octanol–water partition coefficient (Wildman–Crippen LogP) is 5.66. The Morgan fingerprint density at radius 2 is 1.71 bits per heavy atom. The highest BCUT2D eigenvalue weighted by atomic mass is 32.2. The van der Waals surface area contributed by atoms with Crippen molar-refractivity contribution in [2.75, 3.05) is 11.1 Å². The normalized spacial score (nSPS) is 11.5. The minimum atomic E-state index is 0.00259. The maximum absolute atomic E-state index is 12.5. The van der Waals surface area contributed by atoms with E-state index in [1.54, 1.807) is 0 Å². The number of benzene rings is 3. The van der Waals surface area contributed by atoms with Gasteiger partial charge in [-0.05, 0) is 29.9 Å². The van der Waals surface area contributed by atoms with Gasteiger partial charge in [0.25, 0.3) is 0 Å². The summed E-state index contributed by atoms with van der Waals surface area (Å²) in [6, 6.07) is 18.6. The van der Waals surface area contributed by atoms with Gasteiger partial charge in [0.15, 0.2) is 0 Å². The molecule has 154 valence electrons. The van der Waals surface area contributed by atoms with Crippen LogP contribution in [-0.4, -0.2) is 26.8 Å². The molecule has 0 radical (unpaired) electrons.